The Balaban J connectivity index is 1.40. The SMILES string of the molecule is COc1ccccc1C(C)(C)N(C)CCN(C)C(=O)O[C@H]1[C@H](C)O[C@@H](O[C@H]2[C@H](C)[C@@H](O[C@@H]3O[C@H](C)C[C@H](N(C)C)[C@H]3O)[C@@](C)(OC)C[C@@H](C)[C@H](O)[C@H](C)N3CC(C3)OC(=O)[C@@H]2C)C[C@@]1(C)OC. The number of fused-ring (bicyclic) bond motifs is 10. The second-order valence-electron chi connectivity index (χ2n) is 21.2. The maximum absolute atomic E-state index is 14.2. The Bertz CT molecular complexity index is 1770. The van der Waals surface area contributed by atoms with E-state index in [4.69, 9.17) is 42.6 Å². The van der Waals surface area contributed by atoms with E-state index in [-0.39, 0.29) is 36.6 Å². The molecule has 67 heavy (non-hydrogen) atoms. The lowest BCUT2D eigenvalue weighted by Gasteiger charge is -2.51. The number of aliphatic hydroxyl groups is 2. The Hall–Kier alpha value is -2.68. The van der Waals surface area contributed by atoms with Gasteiger partial charge in [-0.1, -0.05) is 32.0 Å². The number of esters is 1. The van der Waals surface area contributed by atoms with Crippen LogP contribution in [0.5, 0.6) is 5.75 Å². The zero-order chi connectivity index (χ0) is 49.9. The van der Waals surface area contributed by atoms with Gasteiger partial charge in [0.2, 0.25) is 0 Å². The number of amides is 1. The summed E-state index contributed by atoms with van der Waals surface area (Å²) in [4.78, 5) is 35.9. The third-order valence-corrected chi connectivity index (χ3v) is 15.8. The van der Waals surface area contributed by atoms with E-state index in [1.165, 1.54) is 0 Å². The van der Waals surface area contributed by atoms with Crippen LogP contribution in [0, 0.1) is 17.8 Å². The molecule has 6 rings (SSSR count). The number of rotatable bonds is 14. The van der Waals surface area contributed by atoms with Crippen LogP contribution in [0.25, 0.3) is 0 Å². The fraction of sp³-hybridized carbons (Fsp3) is 0.840. The minimum Gasteiger partial charge on any atom is -0.496 e. The smallest absolute Gasteiger partial charge is 0.410 e. The molecule has 5 heterocycles. The molecule has 0 radical (unpaired) electrons. The van der Waals surface area contributed by atoms with Gasteiger partial charge in [0, 0.05) is 83.0 Å². The molecular formula is C50H86N4O13. The molecule has 384 valence electrons. The molecule has 0 aliphatic carbocycles. The molecule has 17 nitrogen and oxygen atoms in total. The Labute approximate surface area is 400 Å². The number of hydrogen-bond donors (Lipinski definition) is 2. The van der Waals surface area contributed by atoms with Gasteiger partial charge in [-0.25, -0.2) is 4.79 Å². The van der Waals surface area contributed by atoms with Crippen molar-refractivity contribution in [2.45, 2.75) is 179 Å². The highest BCUT2D eigenvalue weighted by Gasteiger charge is 2.54. The Kier molecular flexibility index (Phi) is 18.6. The van der Waals surface area contributed by atoms with E-state index >= 15 is 0 Å². The van der Waals surface area contributed by atoms with Crippen LogP contribution < -0.4 is 4.74 Å². The van der Waals surface area contributed by atoms with Gasteiger partial charge >= 0.3 is 12.1 Å². The van der Waals surface area contributed by atoms with Gasteiger partial charge in [0.1, 0.15) is 23.6 Å². The lowest BCUT2D eigenvalue weighted by Crippen LogP contribution is -2.63. The molecule has 16 atom stereocenters. The van der Waals surface area contributed by atoms with Crippen molar-refractivity contribution in [3.05, 3.63) is 29.8 Å². The number of methoxy groups -OCH3 is 3. The molecule has 1 aromatic carbocycles. The van der Waals surface area contributed by atoms with Gasteiger partial charge in [-0.05, 0) is 101 Å². The van der Waals surface area contributed by atoms with E-state index in [1.54, 1.807) is 40.2 Å². The predicted molar refractivity (Wildman–Crippen MR) is 253 cm³/mol. The number of aliphatic hydroxyl groups excluding tert-OH is 2. The van der Waals surface area contributed by atoms with Gasteiger partial charge in [0.05, 0.1) is 49.1 Å². The van der Waals surface area contributed by atoms with E-state index in [1.807, 2.05) is 98.8 Å². The molecule has 5 aliphatic heterocycles. The largest absolute Gasteiger partial charge is 0.496 e. The first kappa shape index (κ1) is 55.2. The number of hydrogen-bond acceptors (Lipinski definition) is 16. The first-order valence-corrected chi connectivity index (χ1v) is 24.3. The molecule has 0 spiro atoms. The summed E-state index contributed by atoms with van der Waals surface area (Å²) in [6.45, 7) is 21.5. The van der Waals surface area contributed by atoms with Crippen molar-refractivity contribution in [2.75, 3.05) is 75.7 Å². The summed E-state index contributed by atoms with van der Waals surface area (Å²) >= 11 is 0. The minimum absolute atomic E-state index is 0.147. The van der Waals surface area contributed by atoms with Crippen LogP contribution >= 0.6 is 0 Å². The summed E-state index contributed by atoms with van der Waals surface area (Å²) in [6.07, 6.45) is -6.95. The topological polar surface area (TPSA) is 171 Å². The standard InChI is InChI=1S/C50H86N4O13/c1-29-25-49(9,60-16)43(66-46-41(56)37(51(11)12)24-30(2)62-46)31(3)42(32(4)45(57)64-35-27-54(28-35)33(5)40(29)55)65-39-26-50(10,61-17)44(34(6)63-39)67-47(58)52(13)22-23-53(14)48(7,8)36-20-18-19-21-38(36)59-15/h18-21,29-35,37,39-44,46,55-56H,22-28H2,1-17H3/t29-,30-,31+,32-,33+,34+,37+,39+,40+,41-,42+,43-,44+,46+,49+,50-/m1/s1. The van der Waals surface area contributed by atoms with Crippen LogP contribution in [0.1, 0.15) is 94.1 Å². The van der Waals surface area contributed by atoms with Crippen molar-refractivity contribution in [3.8, 4) is 5.75 Å². The maximum Gasteiger partial charge on any atom is 0.410 e. The fourth-order valence-corrected chi connectivity index (χ4v) is 10.7. The Morgan fingerprint density at radius 3 is 2.10 bits per heavy atom. The summed E-state index contributed by atoms with van der Waals surface area (Å²) < 4.78 is 57.5. The number of ether oxygens (including phenoxy) is 9. The van der Waals surface area contributed by atoms with Gasteiger partial charge in [-0.2, -0.15) is 0 Å². The number of likely N-dealkylation sites (N-methyl/N-ethyl adjacent to an activating group) is 3. The molecule has 5 aliphatic rings. The molecule has 5 saturated heterocycles. The number of para-hydroxylation sites is 1. The summed E-state index contributed by atoms with van der Waals surface area (Å²) in [5.41, 5.74) is -1.51. The summed E-state index contributed by atoms with van der Waals surface area (Å²) in [6, 6.07) is 7.48. The average Bonchev–Trinajstić information content (AvgIpc) is 3.27. The minimum atomic E-state index is -1.09. The molecule has 1 amide bonds. The zero-order valence-electron chi connectivity index (χ0n) is 43.6. The van der Waals surface area contributed by atoms with Crippen molar-refractivity contribution in [1.82, 2.24) is 19.6 Å². The molecule has 1 aromatic rings. The Morgan fingerprint density at radius 1 is 0.866 bits per heavy atom. The highest BCUT2D eigenvalue weighted by atomic mass is 16.7. The van der Waals surface area contributed by atoms with Crippen molar-refractivity contribution in [1.29, 1.82) is 0 Å². The number of benzene rings is 1. The van der Waals surface area contributed by atoms with Crippen LogP contribution in [0.15, 0.2) is 24.3 Å². The molecule has 0 unspecified atom stereocenters. The van der Waals surface area contributed by atoms with Gasteiger partial charge in [0.15, 0.2) is 18.7 Å². The summed E-state index contributed by atoms with van der Waals surface area (Å²) in [5, 5.41) is 23.5. The van der Waals surface area contributed by atoms with Gasteiger partial charge in [-0.15, -0.1) is 0 Å². The summed E-state index contributed by atoms with van der Waals surface area (Å²) in [5.74, 6) is -1.35. The second kappa shape index (κ2) is 22.6. The molecular weight excluding hydrogens is 865 g/mol. The molecule has 17 heteroatoms. The van der Waals surface area contributed by atoms with Crippen molar-refractivity contribution < 1.29 is 62.4 Å². The average molecular weight is 951 g/mol. The first-order valence-electron chi connectivity index (χ1n) is 24.3. The zero-order valence-corrected chi connectivity index (χ0v) is 43.6. The van der Waals surface area contributed by atoms with Crippen LogP contribution in [0.4, 0.5) is 4.79 Å². The predicted octanol–water partition coefficient (Wildman–Crippen LogP) is 4.73. The molecule has 0 aromatic heterocycles. The quantitative estimate of drug-likeness (QED) is 0.245. The lowest BCUT2D eigenvalue weighted by molar-refractivity contribution is -0.319. The van der Waals surface area contributed by atoms with Crippen molar-refractivity contribution in [3.63, 3.8) is 0 Å². The number of carbonyl (C=O) groups is 2. The molecule has 2 bridgehead atoms. The van der Waals surface area contributed by atoms with E-state index in [0.717, 1.165) is 11.3 Å². The van der Waals surface area contributed by atoms with E-state index in [0.29, 0.717) is 39.0 Å². The molecule has 0 saturated carbocycles. The number of nitrogens with zero attached hydrogens (tertiary/aromatic N) is 4. The fourth-order valence-electron chi connectivity index (χ4n) is 10.7. The van der Waals surface area contributed by atoms with E-state index in [2.05, 4.69) is 23.6 Å². The van der Waals surface area contributed by atoms with Crippen molar-refractivity contribution in [2.24, 2.45) is 17.8 Å². The van der Waals surface area contributed by atoms with Crippen LogP contribution in [-0.4, -0.2) is 202 Å². The van der Waals surface area contributed by atoms with Gasteiger partial charge in [-0.3, -0.25) is 14.6 Å². The van der Waals surface area contributed by atoms with Crippen LogP contribution in [0.2, 0.25) is 0 Å². The van der Waals surface area contributed by atoms with E-state index < -0.39 is 89.8 Å². The van der Waals surface area contributed by atoms with E-state index in [9.17, 15) is 19.8 Å². The second-order valence-corrected chi connectivity index (χ2v) is 21.2. The lowest BCUT2D eigenvalue weighted by atomic mass is 9.76. The third kappa shape index (κ3) is 12.3. The monoisotopic (exact) mass is 951 g/mol. The van der Waals surface area contributed by atoms with Gasteiger partial charge in [0.25, 0.3) is 0 Å². The third-order valence-electron chi connectivity index (χ3n) is 15.8. The molecule has 2 N–H and O–H groups in total. The Morgan fingerprint density at radius 2 is 1.49 bits per heavy atom. The van der Waals surface area contributed by atoms with Crippen LogP contribution in [0.3, 0.4) is 0 Å². The highest BCUT2D eigenvalue weighted by Crippen LogP contribution is 2.42. The van der Waals surface area contributed by atoms with Crippen molar-refractivity contribution >= 4 is 12.1 Å². The van der Waals surface area contributed by atoms with Crippen LogP contribution in [-0.2, 0) is 48.2 Å². The molecule has 5 fully saturated rings. The maximum atomic E-state index is 14.2. The number of carbonyl (C=O) groups excluding carboxylic acids is 2. The first-order chi connectivity index (χ1) is 31.3. The normalized spacial score (nSPS) is 40.1. The summed E-state index contributed by atoms with van der Waals surface area (Å²) in [7, 11) is 12.4. The van der Waals surface area contributed by atoms with Gasteiger partial charge < -0.3 is 62.6 Å². The highest BCUT2D eigenvalue weighted by molar-refractivity contribution is 5.73.